The van der Waals surface area contributed by atoms with Crippen LogP contribution in [0.3, 0.4) is 0 Å². The van der Waals surface area contributed by atoms with Crippen molar-refractivity contribution >= 4 is 17.6 Å². The van der Waals surface area contributed by atoms with Crippen LogP contribution in [0.4, 0.5) is 14.5 Å². The molecule has 0 radical (unpaired) electrons. The number of amides is 1. The van der Waals surface area contributed by atoms with Gasteiger partial charge in [-0.15, -0.1) is 0 Å². The Hall–Kier alpha value is -2.48. The molecule has 0 bridgehead atoms. The highest BCUT2D eigenvalue weighted by molar-refractivity contribution is 5.93. The van der Waals surface area contributed by atoms with Gasteiger partial charge < -0.3 is 15.4 Å². The van der Waals surface area contributed by atoms with Gasteiger partial charge in [-0.1, -0.05) is 12.1 Å². The molecule has 1 saturated heterocycles. The van der Waals surface area contributed by atoms with E-state index in [0.29, 0.717) is 49.5 Å². The molecule has 33 heavy (non-hydrogen) atoms. The van der Waals surface area contributed by atoms with E-state index in [1.54, 1.807) is 6.07 Å². The first-order valence-electron chi connectivity index (χ1n) is 12.0. The fraction of sp³-hybridized carbons (Fsp3) is 0.600. The molecule has 180 valence electrons. The number of primary amides is 1. The van der Waals surface area contributed by atoms with Gasteiger partial charge in [0.15, 0.2) is 17.2 Å². The Kier molecular flexibility index (Phi) is 7.32. The Morgan fingerprint density at radius 1 is 1.12 bits per heavy atom. The van der Waals surface area contributed by atoms with Gasteiger partial charge in [0.1, 0.15) is 0 Å². The van der Waals surface area contributed by atoms with Crippen molar-refractivity contribution in [3.05, 3.63) is 41.5 Å². The Balaban J connectivity index is 1.23. The number of rotatable bonds is 7. The zero-order chi connectivity index (χ0) is 23.4. The minimum atomic E-state index is -1.18. The van der Waals surface area contributed by atoms with Crippen LogP contribution in [0.1, 0.15) is 51.4 Å². The van der Waals surface area contributed by atoms with Gasteiger partial charge in [0.2, 0.25) is 0 Å². The van der Waals surface area contributed by atoms with Crippen LogP contribution in [0, 0.1) is 17.6 Å². The largest absolute Gasteiger partial charge is 0.446 e. The maximum absolute atomic E-state index is 14.1. The Labute approximate surface area is 193 Å². The van der Waals surface area contributed by atoms with Crippen LogP contribution >= 0.6 is 0 Å². The number of nitrogens with zero attached hydrogens (tertiary/aromatic N) is 2. The van der Waals surface area contributed by atoms with Crippen molar-refractivity contribution in [3.63, 3.8) is 0 Å². The van der Waals surface area contributed by atoms with Crippen LogP contribution in [0.2, 0.25) is 0 Å². The number of nitrogens with two attached hydrogens (primary N) is 1. The van der Waals surface area contributed by atoms with Gasteiger partial charge in [0, 0.05) is 31.8 Å². The van der Waals surface area contributed by atoms with Crippen LogP contribution in [0.15, 0.2) is 29.8 Å². The smallest absolute Gasteiger partial charge is 0.334 e. The highest BCUT2D eigenvalue weighted by Crippen LogP contribution is 2.37. The zero-order valence-corrected chi connectivity index (χ0v) is 19.0. The molecule has 0 unspecified atom stereocenters. The van der Waals surface area contributed by atoms with Crippen molar-refractivity contribution in [3.8, 4) is 0 Å². The number of halogens is 2. The molecular weight excluding hydrogens is 428 g/mol. The highest BCUT2D eigenvalue weighted by atomic mass is 19.2. The van der Waals surface area contributed by atoms with Gasteiger partial charge in [0.05, 0.1) is 5.69 Å². The molecule has 1 amide bonds. The monoisotopic (exact) mass is 461 g/mol. The van der Waals surface area contributed by atoms with E-state index < -0.39 is 29.1 Å². The number of carbonyl (C=O) groups excluding carboxylic acids is 2. The second-order valence-corrected chi connectivity index (χ2v) is 9.50. The molecule has 1 aromatic carbocycles. The number of carbonyl (C=O) groups is 2. The lowest BCUT2D eigenvalue weighted by molar-refractivity contribution is -0.168. The van der Waals surface area contributed by atoms with E-state index in [4.69, 9.17) is 10.5 Å². The molecule has 2 fully saturated rings. The molecule has 6 nitrogen and oxygen atoms in total. The van der Waals surface area contributed by atoms with Crippen molar-refractivity contribution in [2.75, 3.05) is 37.6 Å². The van der Waals surface area contributed by atoms with Gasteiger partial charge in [-0.25, -0.2) is 13.6 Å². The van der Waals surface area contributed by atoms with E-state index >= 15 is 0 Å². The summed E-state index contributed by atoms with van der Waals surface area (Å²) in [6, 6.07) is 4.30. The van der Waals surface area contributed by atoms with Crippen molar-refractivity contribution in [1.29, 1.82) is 0 Å². The first-order chi connectivity index (χ1) is 15.9. The van der Waals surface area contributed by atoms with Gasteiger partial charge >= 0.3 is 5.97 Å². The Morgan fingerprint density at radius 2 is 1.85 bits per heavy atom. The van der Waals surface area contributed by atoms with E-state index in [0.717, 1.165) is 57.8 Å². The first-order valence-corrected chi connectivity index (χ1v) is 12.0. The fourth-order valence-corrected chi connectivity index (χ4v) is 5.24. The second-order valence-electron chi connectivity index (χ2n) is 9.50. The number of esters is 1. The number of ether oxygens (including phenoxy) is 1. The van der Waals surface area contributed by atoms with Crippen LogP contribution in [-0.2, 0) is 14.3 Å². The average Bonchev–Trinajstić information content (AvgIpc) is 3.36. The van der Waals surface area contributed by atoms with Crippen molar-refractivity contribution in [1.82, 2.24) is 4.90 Å². The third-order valence-electron chi connectivity index (χ3n) is 7.45. The Bertz CT molecular complexity index is 904. The van der Waals surface area contributed by atoms with Gasteiger partial charge in [-0.2, -0.15) is 0 Å². The standard InChI is InChI=1S/C25H33F2N3O3/c26-20-6-3-7-21(22(20)27)30-16-14-29(15-17-30)13-10-18-8-11-25(12-9-18,24(28)32)33-23(31)19-4-1-2-5-19/h3-4,6-7,18H,1-2,5,8-17H2,(H2,28,32). The molecule has 0 atom stereocenters. The van der Waals surface area contributed by atoms with Crippen molar-refractivity contribution in [2.24, 2.45) is 11.7 Å². The molecule has 0 aromatic heterocycles. The zero-order valence-electron chi connectivity index (χ0n) is 19.0. The lowest BCUT2D eigenvalue weighted by Crippen LogP contribution is -2.50. The summed E-state index contributed by atoms with van der Waals surface area (Å²) in [5.74, 6) is -2.09. The summed E-state index contributed by atoms with van der Waals surface area (Å²) in [6.07, 6.45) is 7.94. The summed E-state index contributed by atoms with van der Waals surface area (Å²) in [6.45, 7) is 3.81. The lowest BCUT2D eigenvalue weighted by atomic mass is 9.77. The predicted octanol–water partition coefficient (Wildman–Crippen LogP) is 3.54. The topological polar surface area (TPSA) is 75.9 Å². The Morgan fingerprint density at radius 3 is 2.48 bits per heavy atom. The normalized spacial score (nSPS) is 26.2. The number of benzene rings is 1. The van der Waals surface area contributed by atoms with Gasteiger partial charge in [-0.3, -0.25) is 9.69 Å². The van der Waals surface area contributed by atoms with E-state index in [-0.39, 0.29) is 0 Å². The van der Waals surface area contributed by atoms with Crippen molar-refractivity contribution in [2.45, 2.75) is 57.0 Å². The van der Waals surface area contributed by atoms with Crippen LogP contribution in [-0.4, -0.2) is 55.1 Å². The summed E-state index contributed by atoms with van der Waals surface area (Å²) in [5, 5.41) is 0. The number of hydrogen-bond acceptors (Lipinski definition) is 5. The maximum atomic E-state index is 14.1. The van der Waals surface area contributed by atoms with Gasteiger partial charge in [0.25, 0.3) is 5.91 Å². The van der Waals surface area contributed by atoms with E-state index in [2.05, 4.69) is 4.90 Å². The quantitative estimate of drug-likeness (QED) is 0.629. The molecule has 1 aliphatic heterocycles. The van der Waals surface area contributed by atoms with E-state index in [9.17, 15) is 18.4 Å². The van der Waals surface area contributed by atoms with Crippen LogP contribution < -0.4 is 10.6 Å². The number of allylic oxidation sites excluding steroid dienone is 1. The predicted molar refractivity (Wildman–Crippen MR) is 122 cm³/mol. The maximum Gasteiger partial charge on any atom is 0.334 e. The van der Waals surface area contributed by atoms with Crippen LogP contribution in [0.5, 0.6) is 0 Å². The lowest BCUT2D eigenvalue weighted by Gasteiger charge is -2.39. The number of anilines is 1. The summed E-state index contributed by atoms with van der Waals surface area (Å²) >= 11 is 0. The molecule has 3 aliphatic rings. The van der Waals surface area contributed by atoms with Crippen LogP contribution in [0.25, 0.3) is 0 Å². The fourth-order valence-electron chi connectivity index (χ4n) is 5.24. The summed E-state index contributed by atoms with van der Waals surface area (Å²) in [4.78, 5) is 28.9. The third kappa shape index (κ3) is 5.37. The molecule has 2 N–H and O–H groups in total. The molecule has 1 aromatic rings. The van der Waals surface area contributed by atoms with E-state index in [1.807, 2.05) is 11.0 Å². The molecule has 2 aliphatic carbocycles. The second kappa shape index (κ2) is 10.2. The highest BCUT2D eigenvalue weighted by Gasteiger charge is 2.44. The summed E-state index contributed by atoms with van der Waals surface area (Å²) in [5.41, 5.74) is 5.47. The molecule has 0 spiro atoms. The molecule has 4 rings (SSSR count). The molecule has 1 saturated carbocycles. The molecule has 8 heteroatoms. The summed E-state index contributed by atoms with van der Waals surface area (Å²) in [7, 11) is 0. The molecule has 1 heterocycles. The SMILES string of the molecule is NC(=O)C1(OC(=O)C2=CCCC2)CCC(CCN2CCN(c3cccc(F)c3F)CC2)CC1. The minimum absolute atomic E-state index is 0.327. The average molecular weight is 462 g/mol. The van der Waals surface area contributed by atoms with Gasteiger partial charge in [-0.05, 0) is 76.0 Å². The first kappa shape index (κ1) is 23.7. The van der Waals surface area contributed by atoms with E-state index in [1.165, 1.54) is 6.07 Å². The molecular formula is C25H33F2N3O3. The minimum Gasteiger partial charge on any atom is -0.446 e. The van der Waals surface area contributed by atoms with Crippen molar-refractivity contribution < 1.29 is 23.1 Å². The summed E-state index contributed by atoms with van der Waals surface area (Å²) < 4.78 is 33.3. The number of hydrogen-bond donors (Lipinski definition) is 1. The number of piperazine rings is 1. The third-order valence-corrected chi connectivity index (χ3v) is 7.45.